The van der Waals surface area contributed by atoms with E-state index in [1.54, 1.807) is 25.3 Å². The molecule has 1 aliphatic rings. The van der Waals surface area contributed by atoms with Gasteiger partial charge >= 0.3 is 0 Å². The summed E-state index contributed by atoms with van der Waals surface area (Å²) < 4.78 is 6.86. The first kappa shape index (κ1) is 16.3. The van der Waals surface area contributed by atoms with Crippen LogP contribution in [0, 0.1) is 5.92 Å². The lowest BCUT2D eigenvalue weighted by Gasteiger charge is -2.47. The molecule has 0 saturated carbocycles. The second-order valence-corrected chi connectivity index (χ2v) is 6.43. The predicted octanol–water partition coefficient (Wildman–Crippen LogP) is 2.50. The monoisotopic (exact) mass is 349 g/mol. The molecule has 1 aromatic heterocycles. The van der Waals surface area contributed by atoms with Gasteiger partial charge in [0.15, 0.2) is 0 Å². The van der Waals surface area contributed by atoms with E-state index in [4.69, 9.17) is 4.74 Å². The third-order valence-corrected chi connectivity index (χ3v) is 4.78. The van der Waals surface area contributed by atoms with E-state index in [1.165, 1.54) is 11.0 Å². The summed E-state index contributed by atoms with van der Waals surface area (Å²) >= 11 is 0. The second-order valence-electron chi connectivity index (χ2n) is 6.43. The molecular formula is C19H19N5O2. The molecular weight excluding hydrogens is 330 g/mol. The maximum atomic E-state index is 13.1. The highest BCUT2D eigenvalue weighted by molar-refractivity contribution is 5.96. The van der Waals surface area contributed by atoms with Crippen molar-refractivity contribution in [2.24, 2.45) is 5.92 Å². The molecule has 26 heavy (non-hydrogen) atoms. The van der Waals surface area contributed by atoms with E-state index in [9.17, 15) is 4.79 Å². The number of hydrogen-bond acceptors (Lipinski definition) is 5. The van der Waals surface area contributed by atoms with Gasteiger partial charge < -0.3 is 9.64 Å². The molecule has 4 rings (SSSR count). The van der Waals surface area contributed by atoms with E-state index in [-0.39, 0.29) is 11.9 Å². The Balaban J connectivity index is 1.65. The van der Waals surface area contributed by atoms with Crippen molar-refractivity contribution >= 4 is 5.91 Å². The second kappa shape index (κ2) is 6.59. The first-order chi connectivity index (χ1) is 12.7. The topological polar surface area (TPSA) is 73.1 Å². The Bertz CT molecular complexity index is 911. The van der Waals surface area contributed by atoms with Gasteiger partial charge in [-0.2, -0.15) is 4.68 Å². The number of methoxy groups -OCH3 is 1. The molecule has 0 N–H and O–H groups in total. The highest BCUT2D eigenvalue weighted by Crippen LogP contribution is 2.39. The van der Waals surface area contributed by atoms with Gasteiger partial charge in [-0.1, -0.05) is 37.3 Å². The molecule has 1 aliphatic heterocycles. The lowest BCUT2D eigenvalue weighted by atomic mass is 9.84. The number of hydrogen-bond donors (Lipinski definition) is 0. The molecule has 2 aromatic carbocycles. The number of nitrogens with zero attached hydrogens (tertiary/aromatic N) is 5. The number of aromatic nitrogens is 4. The summed E-state index contributed by atoms with van der Waals surface area (Å²) in [5.41, 5.74) is 2.38. The minimum absolute atomic E-state index is 0.00562. The number of rotatable bonds is 4. The average Bonchev–Trinajstić information content (AvgIpc) is 3.20. The van der Waals surface area contributed by atoms with E-state index >= 15 is 0 Å². The Hall–Kier alpha value is -3.22. The first-order valence-electron chi connectivity index (χ1n) is 8.46. The summed E-state index contributed by atoms with van der Waals surface area (Å²) in [6.45, 7) is 2.91. The zero-order chi connectivity index (χ0) is 18.1. The molecule has 0 spiro atoms. The predicted molar refractivity (Wildman–Crippen MR) is 95.1 cm³/mol. The van der Waals surface area contributed by atoms with Crippen LogP contribution in [0.5, 0.6) is 5.75 Å². The maximum Gasteiger partial charge on any atom is 0.254 e. The Kier molecular flexibility index (Phi) is 4.12. The minimum atomic E-state index is -0.00562. The largest absolute Gasteiger partial charge is 0.494 e. The van der Waals surface area contributed by atoms with Crippen LogP contribution in [-0.2, 0) is 0 Å². The molecule has 0 bridgehead atoms. The van der Waals surface area contributed by atoms with Gasteiger partial charge in [0, 0.05) is 12.1 Å². The molecule has 1 saturated heterocycles. The van der Waals surface area contributed by atoms with Crippen LogP contribution in [0.4, 0.5) is 0 Å². The van der Waals surface area contributed by atoms with Gasteiger partial charge in [0.25, 0.3) is 5.91 Å². The number of likely N-dealkylation sites (tertiary alicyclic amines) is 1. The standard InChI is InChI=1S/C19H19N5O2/c1-13-11-23(18(13)14-6-4-3-5-7-14)19(25)15-8-9-17(26-2)16(10-15)24-12-20-21-22-24/h3-10,12-13,18H,11H2,1-2H3/t13-,18-/m0/s1. The van der Waals surface area contributed by atoms with Crippen molar-refractivity contribution in [3.05, 3.63) is 66.0 Å². The Morgan fingerprint density at radius 2 is 2.00 bits per heavy atom. The van der Waals surface area contributed by atoms with Crippen LogP contribution in [0.15, 0.2) is 54.9 Å². The SMILES string of the molecule is COc1ccc(C(=O)N2C[C@H](C)[C@H]2c2ccccc2)cc1-n1cnnn1. The summed E-state index contributed by atoms with van der Waals surface area (Å²) in [6, 6.07) is 15.6. The van der Waals surface area contributed by atoms with Gasteiger partial charge in [-0.15, -0.1) is 5.10 Å². The number of carbonyl (C=O) groups is 1. The Morgan fingerprint density at radius 1 is 1.19 bits per heavy atom. The number of tetrazole rings is 1. The normalized spacial score (nSPS) is 19.1. The summed E-state index contributed by atoms with van der Waals surface area (Å²) in [7, 11) is 1.58. The quantitative estimate of drug-likeness (QED) is 0.724. The van der Waals surface area contributed by atoms with Crippen molar-refractivity contribution in [1.29, 1.82) is 0 Å². The van der Waals surface area contributed by atoms with Crippen LogP contribution in [0.2, 0.25) is 0 Å². The van der Waals surface area contributed by atoms with Crippen LogP contribution < -0.4 is 4.74 Å². The van der Waals surface area contributed by atoms with Crippen molar-refractivity contribution in [2.45, 2.75) is 13.0 Å². The molecule has 2 atom stereocenters. The molecule has 0 unspecified atom stereocenters. The van der Waals surface area contributed by atoms with Crippen LogP contribution in [-0.4, -0.2) is 44.7 Å². The van der Waals surface area contributed by atoms with E-state index in [0.717, 1.165) is 12.1 Å². The third-order valence-electron chi connectivity index (χ3n) is 4.78. The average molecular weight is 349 g/mol. The lowest BCUT2D eigenvalue weighted by Crippen LogP contribution is -2.51. The van der Waals surface area contributed by atoms with Gasteiger partial charge in [0.2, 0.25) is 0 Å². The fraction of sp³-hybridized carbons (Fsp3) is 0.263. The van der Waals surface area contributed by atoms with Gasteiger partial charge in [0.05, 0.1) is 13.2 Å². The first-order valence-corrected chi connectivity index (χ1v) is 8.46. The summed E-state index contributed by atoms with van der Waals surface area (Å²) in [5, 5.41) is 11.2. The van der Waals surface area contributed by atoms with Crippen molar-refractivity contribution in [3.63, 3.8) is 0 Å². The van der Waals surface area contributed by atoms with Crippen molar-refractivity contribution in [3.8, 4) is 11.4 Å². The van der Waals surface area contributed by atoms with Gasteiger partial charge in [-0.05, 0) is 40.1 Å². The third kappa shape index (κ3) is 2.71. The number of amides is 1. The number of carbonyl (C=O) groups excluding carboxylic acids is 1. The summed E-state index contributed by atoms with van der Waals surface area (Å²) in [5.74, 6) is 1.03. The van der Waals surface area contributed by atoms with Crippen molar-refractivity contribution in [1.82, 2.24) is 25.1 Å². The van der Waals surface area contributed by atoms with Crippen molar-refractivity contribution in [2.75, 3.05) is 13.7 Å². The molecule has 0 radical (unpaired) electrons. The van der Waals surface area contributed by atoms with Gasteiger partial charge in [0.1, 0.15) is 17.8 Å². The van der Waals surface area contributed by atoms with Crippen molar-refractivity contribution < 1.29 is 9.53 Å². The van der Waals surface area contributed by atoms with E-state index in [2.05, 4.69) is 34.6 Å². The van der Waals surface area contributed by atoms with E-state index < -0.39 is 0 Å². The zero-order valence-electron chi connectivity index (χ0n) is 14.6. The smallest absolute Gasteiger partial charge is 0.254 e. The molecule has 2 heterocycles. The van der Waals surface area contributed by atoms with Crippen LogP contribution >= 0.6 is 0 Å². The Morgan fingerprint density at radius 3 is 2.65 bits per heavy atom. The van der Waals surface area contributed by atoms with E-state index in [0.29, 0.717) is 22.9 Å². The number of benzene rings is 2. The maximum absolute atomic E-state index is 13.1. The zero-order valence-corrected chi connectivity index (χ0v) is 14.6. The molecule has 7 nitrogen and oxygen atoms in total. The highest BCUT2D eigenvalue weighted by atomic mass is 16.5. The minimum Gasteiger partial charge on any atom is -0.494 e. The molecule has 132 valence electrons. The summed E-state index contributed by atoms with van der Waals surface area (Å²) in [6.07, 6.45) is 1.48. The number of ether oxygens (including phenoxy) is 1. The highest BCUT2D eigenvalue weighted by Gasteiger charge is 2.40. The van der Waals surface area contributed by atoms with E-state index in [1.807, 2.05) is 23.1 Å². The van der Waals surface area contributed by atoms with Crippen LogP contribution in [0.25, 0.3) is 5.69 Å². The molecule has 1 amide bonds. The molecule has 7 heteroatoms. The molecule has 0 aliphatic carbocycles. The molecule has 3 aromatic rings. The van der Waals surface area contributed by atoms with Crippen LogP contribution in [0.3, 0.4) is 0 Å². The lowest BCUT2D eigenvalue weighted by molar-refractivity contribution is 0.0197. The Labute approximate surface area is 151 Å². The van der Waals surface area contributed by atoms with Crippen LogP contribution in [0.1, 0.15) is 28.9 Å². The fourth-order valence-corrected chi connectivity index (χ4v) is 3.50. The van der Waals surface area contributed by atoms with Gasteiger partial charge in [-0.25, -0.2) is 0 Å². The molecule has 1 fully saturated rings. The van der Waals surface area contributed by atoms with Gasteiger partial charge in [-0.3, -0.25) is 4.79 Å². The fourth-order valence-electron chi connectivity index (χ4n) is 3.50. The summed E-state index contributed by atoms with van der Waals surface area (Å²) in [4.78, 5) is 15.0.